The van der Waals surface area contributed by atoms with Crippen LogP contribution in [0.4, 0.5) is 16.3 Å². The highest BCUT2D eigenvalue weighted by molar-refractivity contribution is 6.00. The molecular weight excluding hydrogens is 432 g/mol. The van der Waals surface area contributed by atoms with Crippen molar-refractivity contribution in [2.24, 2.45) is 5.73 Å². The van der Waals surface area contributed by atoms with Gasteiger partial charge in [0, 0.05) is 5.56 Å². The second-order valence-electron chi connectivity index (χ2n) is 7.20. The number of rotatable bonds is 7. The first kappa shape index (κ1) is 22.4. The Kier molecular flexibility index (Phi) is 7.06. The Morgan fingerprint density at radius 2 is 1.44 bits per heavy atom. The van der Waals surface area contributed by atoms with E-state index < -0.39 is 18.0 Å². The van der Waals surface area contributed by atoms with Crippen LogP contribution in [0.3, 0.4) is 0 Å². The van der Waals surface area contributed by atoms with Crippen molar-refractivity contribution in [2.75, 3.05) is 10.6 Å². The Labute approximate surface area is 195 Å². The van der Waals surface area contributed by atoms with Gasteiger partial charge in [0.15, 0.2) is 11.6 Å². The van der Waals surface area contributed by atoms with E-state index in [0.717, 1.165) is 5.56 Å². The first-order valence-corrected chi connectivity index (χ1v) is 10.4. The first-order valence-electron chi connectivity index (χ1n) is 10.4. The SMILES string of the molecule is NC(C(=O)NOc1ccccc1NC(=O)Nc1ccc(-c2ccccc2)nn1)c1ccccc1. The number of nitrogens with zero attached hydrogens (tertiary/aromatic N) is 2. The van der Waals surface area contributed by atoms with Crippen molar-refractivity contribution in [3.05, 3.63) is 103 Å². The molecule has 0 bridgehead atoms. The van der Waals surface area contributed by atoms with E-state index >= 15 is 0 Å². The minimum absolute atomic E-state index is 0.233. The molecule has 170 valence electrons. The minimum atomic E-state index is -0.901. The Morgan fingerprint density at radius 3 is 2.15 bits per heavy atom. The summed E-state index contributed by atoms with van der Waals surface area (Å²) in [6.45, 7) is 0. The monoisotopic (exact) mass is 454 g/mol. The summed E-state index contributed by atoms with van der Waals surface area (Å²) < 4.78 is 0. The fourth-order valence-corrected chi connectivity index (χ4v) is 3.07. The van der Waals surface area contributed by atoms with Gasteiger partial charge < -0.3 is 15.9 Å². The number of hydrogen-bond donors (Lipinski definition) is 4. The third-order valence-corrected chi connectivity index (χ3v) is 4.81. The van der Waals surface area contributed by atoms with Crippen LogP contribution in [0.15, 0.2) is 97.1 Å². The number of hydroxylamine groups is 1. The zero-order valence-electron chi connectivity index (χ0n) is 18.0. The van der Waals surface area contributed by atoms with Crippen LogP contribution in [-0.2, 0) is 4.79 Å². The van der Waals surface area contributed by atoms with Gasteiger partial charge in [0.05, 0.1) is 11.4 Å². The van der Waals surface area contributed by atoms with E-state index in [-0.39, 0.29) is 11.6 Å². The van der Waals surface area contributed by atoms with Crippen molar-refractivity contribution >= 4 is 23.4 Å². The van der Waals surface area contributed by atoms with Gasteiger partial charge >= 0.3 is 6.03 Å². The molecule has 0 radical (unpaired) electrons. The number of carbonyl (C=O) groups excluding carboxylic acids is 2. The van der Waals surface area contributed by atoms with Crippen molar-refractivity contribution in [3.63, 3.8) is 0 Å². The van der Waals surface area contributed by atoms with Gasteiger partial charge in [0.1, 0.15) is 6.04 Å². The molecule has 0 spiro atoms. The van der Waals surface area contributed by atoms with Crippen molar-refractivity contribution in [1.82, 2.24) is 15.7 Å². The largest absolute Gasteiger partial charge is 0.377 e. The molecule has 9 nitrogen and oxygen atoms in total. The molecule has 3 aromatic carbocycles. The van der Waals surface area contributed by atoms with Crippen LogP contribution in [0.5, 0.6) is 5.75 Å². The lowest BCUT2D eigenvalue weighted by Gasteiger charge is -2.15. The summed E-state index contributed by atoms with van der Waals surface area (Å²) >= 11 is 0. The summed E-state index contributed by atoms with van der Waals surface area (Å²) in [5, 5.41) is 13.5. The van der Waals surface area contributed by atoms with E-state index in [0.29, 0.717) is 16.9 Å². The fourth-order valence-electron chi connectivity index (χ4n) is 3.07. The van der Waals surface area contributed by atoms with Crippen molar-refractivity contribution in [3.8, 4) is 17.0 Å². The number of para-hydroxylation sites is 2. The second kappa shape index (κ2) is 10.7. The average molecular weight is 454 g/mol. The molecule has 0 aliphatic rings. The van der Waals surface area contributed by atoms with Gasteiger partial charge in [-0.2, -0.15) is 5.48 Å². The lowest BCUT2D eigenvalue weighted by molar-refractivity contribution is -0.129. The maximum Gasteiger partial charge on any atom is 0.325 e. The number of hydrogen-bond acceptors (Lipinski definition) is 6. The number of urea groups is 1. The zero-order valence-corrected chi connectivity index (χ0v) is 18.0. The molecule has 1 aromatic heterocycles. The molecular formula is C25H22N6O3. The Balaban J connectivity index is 1.35. The van der Waals surface area contributed by atoms with Gasteiger partial charge in [-0.3, -0.25) is 10.1 Å². The highest BCUT2D eigenvalue weighted by atomic mass is 16.7. The molecule has 4 rings (SSSR count). The number of anilines is 2. The molecule has 5 N–H and O–H groups in total. The van der Waals surface area contributed by atoms with Crippen molar-refractivity contribution in [2.45, 2.75) is 6.04 Å². The summed E-state index contributed by atoms with van der Waals surface area (Å²) in [4.78, 5) is 30.2. The van der Waals surface area contributed by atoms with Crippen LogP contribution in [-0.4, -0.2) is 22.1 Å². The number of amides is 3. The van der Waals surface area contributed by atoms with E-state index in [1.807, 2.05) is 36.4 Å². The van der Waals surface area contributed by atoms with E-state index in [9.17, 15) is 9.59 Å². The zero-order chi connectivity index (χ0) is 23.8. The molecule has 1 atom stereocenters. The van der Waals surface area contributed by atoms with Crippen LogP contribution in [0.1, 0.15) is 11.6 Å². The number of carbonyl (C=O) groups is 2. The number of nitrogens with two attached hydrogens (primary N) is 1. The highest BCUT2D eigenvalue weighted by Gasteiger charge is 2.17. The van der Waals surface area contributed by atoms with E-state index in [2.05, 4.69) is 26.3 Å². The minimum Gasteiger partial charge on any atom is -0.377 e. The van der Waals surface area contributed by atoms with Crippen LogP contribution in [0.2, 0.25) is 0 Å². The topological polar surface area (TPSA) is 131 Å². The van der Waals surface area contributed by atoms with Crippen LogP contribution < -0.4 is 26.7 Å². The predicted octanol–water partition coefficient (Wildman–Crippen LogP) is 3.90. The lowest BCUT2D eigenvalue weighted by atomic mass is 10.1. The average Bonchev–Trinajstić information content (AvgIpc) is 2.89. The van der Waals surface area contributed by atoms with E-state index in [4.69, 9.17) is 10.6 Å². The van der Waals surface area contributed by atoms with Gasteiger partial charge in [-0.15, -0.1) is 10.2 Å². The molecule has 34 heavy (non-hydrogen) atoms. The normalized spacial score (nSPS) is 11.2. The third kappa shape index (κ3) is 5.72. The van der Waals surface area contributed by atoms with Gasteiger partial charge in [-0.25, -0.2) is 4.79 Å². The standard InChI is InChI=1S/C25H22N6O3/c26-23(18-11-5-2-6-12-18)24(32)31-34-21-14-8-7-13-20(21)27-25(33)28-22-16-15-19(29-30-22)17-9-3-1-4-10-17/h1-16,23H,26H2,(H,31,32)(H2,27,28,30,33). The molecule has 0 saturated carbocycles. The first-order chi connectivity index (χ1) is 16.6. The number of aromatic nitrogens is 2. The Hall–Kier alpha value is -4.76. The maximum atomic E-state index is 12.5. The summed E-state index contributed by atoms with van der Waals surface area (Å²) in [6, 6.07) is 27.1. The molecule has 0 aliphatic carbocycles. The molecule has 0 aliphatic heterocycles. The fraction of sp³-hybridized carbons (Fsp3) is 0.0400. The Morgan fingerprint density at radius 1 is 0.765 bits per heavy atom. The van der Waals surface area contributed by atoms with Crippen LogP contribution in [0.25, 0.3) is 11.3 Å². The lowest BCUT2D eigenvalue weighted by Crippen LogP contribution is -2.36. The molecule has 1 heterocycles. The summed E-state index contributed by atoms with van der Waals surface area (Å²) in [5.41, 5.74) is 10.9. The second-order valence-corrected chi connectivity index (χ2v) is 7.20. The van der Waals surface area contributed by atoms with Crippen molar-refractivity contribution in [1.29, 1.82) is 0 Å². The van der Waals surface area contributed by atoms with Gasteiger partial charge in [0.2, 0.25) is 0 Å². The van der Waals surface area contributed by atoms with Crippen LogP contribution >= 0.6 is 0 Å². The summed E-state index contributed by atoms with van der Waals surface area (Å²) in [6.07, 6.45) is 0. The van der Waals surface area contributed by atoms with Gasteiger partial charge in [-0.1, -0.05) is 72.8 Å². The molecule has 1 unspecified atom stereocenters. The summed E-state index contributed by atoms with van der Waals surface area (Å²) in [7, 11) is 0. The van der Waals surface area contributed by atoms with Crippen molar-refractivity contribution < 1.29 is 14.4 Å². The maximum absolute atomic E-state index is 12.5. The van der Waals surface area contributed by atoms with Crippen LogP contribution in [0, 0.1) is 0 Å². The molecule has 9 heteroatoms. The van der Waals surface area contributed by atoms with Gasteiger partial charge in [-0.05, 0) is 29.8 Å². The molecule has 4 aromatic rings. The van der Waals surface area contributed by atoms with E-state index in [1.165, 1.54) is 0 Å². The quantitative estimate of drug-likeness (QED) is 0.313. The Bertz CT molecular complexity index is 1250. The van der Waals surface area contributed by atoms with E-state index in [1.54, 1.807) is 60.7 Å². The highest BCUT2D eigenvalue weighted by Crippen LogP contribution is 2.24. The number of benzene rings is 3. The number of nitrogens with one attached hydrogen (secondary N) is 3. The third-order valence-electron chi connectivity index (χ3n) is 4.81. The van der Waals surface area contributed by atoms with Gasteiger partial charge in [0.25, 0.3) is 5.91 Å². The summed E-state index contributed by atoms with van der Waals surface area (Å²) in [5.74, 6) is -0.0197. The molecule has 0 saturated heterocycles. The smallest absolute Gasteiger partial charge is 0.325 e. The molecule has 3 amide bonds. The predicted molar refractivity (Wildman–Crippen MR) is 129 cm³/mol. The molecule has 0 fully saturated rings.